The van der Waals surface area contributed by atoms with E-state index in [1.807, 2.05) is 49.4 Å². The average molecular weight is 333 g/mol. The molecule has 0 radical (unpaired) electrons. The van der Waals surface area contributed by atoms with Gasteiger partial charge in [0.25, 0.3) is 0 Å². The Bertz CT molecular complexity index is 674. The van der Waals surface area contributed by atoms with Gasteiger partial charge in [-0.3, -0.25) is 4.79 Å². The van der Waals surface area contributed by atoms with Crippen LogP contribution in [0.3, 0.4) is 0 Å². The number of para-hydroxylation sites is 1. The molecule has 0 aliphatic rings. The SMILES string of the molecule is COc1ccccc1CNC(=O)CCNc1ccc(C)c(Cl)c1. The van der Waals surface area contributed by atoms with E-state index in [9.17, 15) is 4.79 Å². The highest BCUT2D eigenvalue weighted by atomic mass is 35.5. The van der Waals surface area contributed by atoms with Crippen molar-refractivity contribution in [2.24, 2.45) is 0 Å². The molecule has 0 saturated heterocycles. The standard InChI is InChI=1S/C18H21ClN2O2/c1-13-7-8-15(11-16(13)19)20-10-9-18(22)21-12-14-5-3-4-6-17(14)23-2/h3-8,11,20H,9-10,12H2,1-2H3,(H,21,22). The topological polar surface area (TPSA) is 50.4 Å². The molecule has 2 rings (SSSR count). The first kappa shape index (κ1) is 17.2. The van der Waals surface area contributed by atoms with Crippen LogP contribution in [0.5, 0.6) is 5.75 Å². The number of ether oxygens (including phenoxy) is 1. The number of rotatable bonds is 7. The molecule has 1 amide bonds. The molecular formula is C18H21ClN2O2. The second-order valence-electron chi connectivity index (χ2n) is 5.23. The van der Waals surface area contributed by atoms with Crippen molar-refractivity contribution in [3.05, 3.63) is 58.6 Å². The Morgan fingerprint density at radius 2 is 2.00 bits per heavy atom. The summed E-state index contributed by atoms with van der Waals surface area (Å²) in [6.07, 6.45) is 0.390. The molecule has 0 aliphatic heterocycles. The number of halogens is 1. The summed E-state index contributed by atoms with van der Waals surface area (Å²) in [4.78, 5) is 11.9. The van der Waals surface area contributed by atoms with Crippen molar-refractivity contribution < 1.29 is 9.53 Å². The van der Waals surface area contributed by atoms with Crippen molar-refractivity contribution in [1.82, 2.24) is 5.32 Å². The quantitative estimate of drug-likeness (QED) is 0.811. The van der Waals surface area contributed by atoms with Crippen LogP contribution in [0.15, 0.2) is 42.5 Å². The van der Waals surface area contributed by atoms with E-state index in [2.05, 4.69) is 10.6 Å². The van der Waals surface area contributed by atoms with Gasteiger partial charge in [0.15, 0.2) is 0 Å². The Hall–Kier alpha value is -2.20. The van der Waals surface area contributed by atoms with Crippen LogP contribution in [-0.2, 0) is 11.3 Å². The van der Waals surface area contributed by atoms with Crippen LogP contribution in [0.1, 0.15) is 17.5 Å². The van der Waals surface area contributed by atoms with E-state index >= 15 is 0 Å². The molecule has 2 aromatic carbocycles. The predicted molar refractivity (Wildman–Crippen MR) is 94.1 cm³/mol. The third-order valence-corrected chi connectivity index (χ3v) is 3.93. The highest BCUT2D eigenvalue weighted by molar-refractivity contribution is 6.31. The second-order valence-corrected chi connectivity index (χ2v) is 5.64. The number of anilines is 1. The van der Waals surface area contributed by atoms with Gasteiger partial charge in [0, 0.05) is 35.8 Å². The molecule has 2 N–H and O–H groups in total. The van der Waals surface area contributed by atoms with Gasteiger partial charge >= 0.3 is 0 Å². The maximum atomic E-state index is 11.9. The number of carbonyl (C=O) groups is 1. The largest absolute Gasteiger partial charge is 0.496 e. The third-order valence-electron chi connectivity index (χ3n) is 3.52. The highest BCUT2D eigenvalue weighted by Crippen LogP contribution is 2.20. The van der Waals surface area contributed by atoms with E-state index in [0.29, 0.717) is 19.5 Å². The van der Waals surface area contributed by atoms with Gasteiger partial charge in [-0.2, -0.15) is 0 Å². The molecule has 0 heterocycles. The van der Waals surface area contributed by atoms with Gasteiger partial charge in [-0.25, -0.2) is 0 Å². The van der Waals surface area contributed by atoms with Crippen LogP contribution < -0.4 is 15.4 Å². The van der Waals surface area contributed by atoms with E-state index in [1.165, 1.54) is 0 Å². The number of amides is 1. The molecule has 0 bridgehead atoms. The fourth-order valence-electron chi connectivity index (χ4n) is 2.15. The summed E-state index contributed by atoms with van der Waals surface area (Å²) in [5, 5.41) is 6.81. The van der Waals surface area contributed by atoms with Crippen molar-refractivity contribution in [2.75, 3.05) is 19.0 Å². The first-order valence-corrected chi connectivity index (χ1v) is 7.86. The number of hydrogen-bond acceptors (Lipinski definition) is 3. The minimum Gasteiger partial charge on any atom is -0.496 e. The van der Waals surface area contributed by atoms with Crippen LogP contribution in [0.25, 0.3) is 0 Å². The number of hydrogen-bond donors (Lipinski definition) is 2. The molecule has 0 unspecified atom stereocenters. The highest BCUT2D eigenvalue weighted by Gasteiger charge is 2.05. The fourth-order valence-corrected chi connectivity index (χ4v) is 2.33. The molecule has 23 heavy (non-hydrogen) atoms. The van der Waals surface area contributed by atoms with Crippen LogP contribution >= 0.6 is 11.6 Å². The maximum absolute atomic E-state index is 11.9. The molecule has 0 spiro atoms. The van der Waals surface area contributed by atoms with Crippen LogP contribution in [0, 0.1) is 6.92 Å². The zero-order valence-corrected chi connectivity index (χ0v) is 14.1. The van der Waals surface area contributed by atoms with Gasteiger partial charge in [0.2, 0.25) is 5.91 Å². The number of aryl methyl sites for hydroxylation is 1. The molecule has 4 nitrogen and oxygen atoms in total. The zero-order valence-electron chi connectivity index (χ0n) is 13.4. The molecule has 0 aliphatic carbocycles. The fraction of sp³-hybridized carbons (Fsp3) is 0.278. The van der Waals surface area contributed by atoms with Crippen LogP contribution in [0.2, 0.25) is 5.02 Å². The number of methoxy groups -OCH3 is 1. The van der Waals surface area contributed by atoms with Gasteiger partial charge in [0.1, 0.15) is 5.75 Å². The first-order valence-electron chi connectivity index (χ1n) is 7.49. The normalized spacial score (nSPS) is 10.2. The molecule has 2 aromatic rings. The predicted octanol–water partition coefficient (Wildman–Crippen LogP) is 3.78. The Morgan fingerprint density at radius 3 is 2.74 bits per heavy atom. The smallest absolute Gasteiger partial charge is 0.222 e. The minimum absolute atomic E-state index is 0.0124. The average Bonchev–Trinajstić information content (AvgIpc) is 2.56. The molecule has 0 atom stereocenters. The van der Waals surface area contributed by atoms with Gasteiger partial charge in [-0.1, -0.05) is 35.9 Å². The summed E-state index contributed by atoms with van der Waals surface area (Å²) >= 11 is 6.07. The molecule has 0 fully saturated rings. The van der Waals surface area contributed by atoms with E-state index in [4.69, 9.17) is 16.3 Å². The van der Waals surface area contributed by atoms with Crippen molar-refractivity contribution in [3.8, 4) is 5.75 Å². The molecule has 5 heteroatoms. The Labute approximate surface area is 141 Å². The van der Waals surface area contributed by atoms with Gasteiger partial charge in [-0.05, 0) is 30.7 Å². The lowest BCUT2D eigenvalue weighted by Gasteiger charge is -2.10. The number of benzene rings is 2. The summed E-state index contributed by atoms with van der Waals surface area (Å²) < 4.78 is 5.26. The lowest BCUT2D eigenvalue weighted by molar-refractivity contribution is -0.121. The van der Waals surface area contributed by atoms with Crippen molar-refractivity contribution in [1.29, 1.82) is 0 Å². The van der Waals surface area contributed by atoms with Crippen molar-refractivity contribution in [3.63, 3.8) is 0 Å². The van der Waals surface area contributed by atoms with E-state index in [0.717, 1.165) is 27.6 Å². The number of nitrogens with one attached hydrogen (secondary N) is 2. The first-order chi connectivity index (χ1) is 11.1. The summed E-state index contributed by atoms with van der Waals surface area (Å²) in [5.41, 5.74) is 2.91. The zero-order chi connectivity index (χ0) is 16.7. The van der Waals surface area contributed by atoms with Gasteiger partial charge < -0.3 is 15.4 Å². The molecule has 0 saturated carbocycles. The third kappa shape index (κ3) is 5.18. The van der Waals surface area contributed by atoms with Crippen LogP contribution in [-0.4, -0.2) is 19.6 Å². The Morgan fingerprint density at radius 1 is 1.22 bits per heavy atom. The van der Waals surface area contributed by atoms with Crippen molar-refractivity contribution in [2.45, 2.75) is 19.9 Å². The van der Waals surface area contributed by atoms with Gasteiger partial charge in [0.05, 0.1) is 7.11 Å². The maximum Gasteiger partial charge on any atom is 0.222 e. The van der Waals surface area contributed by atoms with E-state index in [-0.39, 0.29) is 5.91 Å². The Kier molecular flexibility index (Phi) is 6.29. The molecule has 0 aromatic heterocycles. The summed E-state index contributed by atoms with van der Waals surface area (Å²) in [6.45, 7) is 2.97. The Balaban J connectivity index is 1.76. The second kappa shape index (κ2) is 8.44. The summed E-state index contributed by atoms with van der Waals surface area (Å²) in [7, 11) is 1.62. The lowest BCUT2D eigenvalue weighted by Crippen LogP contribution is -2.25. The molecular weight excluding hydrogens is 312 g/mol. The monoisotopic (exact) mass is 332 g/mol. The minimum atomic E-state index is -0.0124. The molecule has 122 valence electrons. The summed E-state index contributed by atoms with van der Waals surface area (Å²) in [6, 6.07) is 13.4. The van der Waals surface area contributed by atoms with Crippen LogP contribution in [0.4, 0.5) is 5.69 Å². The van der Waals surface area contributed by atoms with E-state index < -0.39 is 0 Å². The lowest BCUT2D eigenvalue weighted by atomic mass is 10.2. The van der Waals surface area contributed by atoms with Gasteiger partial charge in [-0.15, -0.1) is 0 Å². The van der Waals surface area contributed by atoms with E-state index in [1.54, 1.807) is 7.11 Å². The number of carbonyl (C=O) groups excluding carboxylic acids is 1. The summed E-state index contributed by atoms with van der Waals surface area (Å²) in [5.74, 6) is 0.766. The van der Waals surface area contributed by atoms with Crippen molar-refractivity contribution >= 4 is 23.2 Å².